The van der Waals surface area contributed by atoms with E-state index < -0.39 is 0 Å². The molecule has 0 radical (unpaired) electrons. The van der Waals surface area contributed by atoms with Gasteiger partial charge in [-0.1, -0.05) is 0 Å². The molecule has 0 unspecified atom stereocenters. The van der Waals surface area contributed by atoms with Crippen molar-refractivity contribution in [2.75, 3.05) is 0 Å². The predicted molar refractivity (Wildman–Crippen MR) is 53.5 cm³/mol. The molecule has 0 atom stereocenters. The first-order valence-electron chi connectivity index (χ1n) is 3.96. The Hall–Kier alpha value is -1.42. The summed E-state index contributed by atoms with van der Waals surface area (Å²) in [5, 5.41) is 0. The van der Waals surface area contributed by atoms with Gasteiger partial charge in [-0.15, -0.1) is 0 Å². The summed E-state index contributed by atoms with van der Waals surface area (Å²) in [6.45, 7) is 1.97. The summed E-state index contributed by atoms with van der Waals surface area (Å²) in [4.78, 5) is 7.09. The summed E-state index contributed by atoms with van der Waals surface area (Å²) in [6.07, 6.45) is 5.48. The molecular formula is C9H9N3S. The summed E-state index contributed by atoms with van der Waals surface area (Å²) in [5.41, 5.74) is 2.03. The van der Waals surface area contributed by atoms with Gasteiger partial charge in [0.05, 0.1) is 11.9 Å². The van der Waals surface area contributed by atoms with Crippen LogP contribution in [0.2, 0.25) is 0 Å². The van der Waals surface area contributed by atoms with Gasteiger partial charge in [0.25, 0.3) is 0 Å². The second-order valence-corrected chi connectivity index (χ2v) is 3.21. The number of rotatable bonds is 1. The number of aryl methyl sites for hydroxylation is 1. The van der Waals surface area contributed by atoms with Crippen LogP contribution in [0.25, 0.3) is 5.69 Å². The highest BCUT2D eigenvalue weighted by atomic mass is 32.1. The summed E-state index contributed by atoms with van der Waals surface area (Å²) in [7, 11) is 0. The normalized spacial score (nSPS) is 10.2. The number of hydrogen-bond donors (Lipinski definition) is 1. The molecule has 0 aliphatic rings. The Morgan fingerprint density at radius 2 is 2.38 bits per heavy atom. The molecule has 2 aromatic rings. The van der Waals surface area contributed by atoms with Crippen LogP contribution >= 0.6 is 12.2 Å². The fraction of sp³-hybridized carbons (Fsp3) is 0.111. The number of H-pyrrole nitrogens is 1. The third-order valence-electron chi connectivity index (χ3n) is 1.77. The van der Waals surface area contributed by atoms with Crippen LogP contribution in [0.5, 0.6) is 0 Å². The van der Waals surface area contributed by atoms with Gasteiger partial charge in [-0.25, -0.2) is 0 Å². The third-order valence-corrected chi connectivity index (χ3v) is 2.07. The standard InChI is InChI=1S/C9H9N3S/c1-7-6-12(9(13)11-7)8-3-2-4-10-5-8/h2-6H,1H3,(H,11,13). The Balaban J connectivity index is 2.59. The lowest BCUT2D eigenvalue weighted by Crippen LogP contribution is -1.91. The minimum Gasteiger partial charge on any atom is -0.335 e. The Labute approximate surface area is 81.1 Å². The monoisotopic (exact) mass is 191 g/mol. The second kappa shape index (κ2) is 3.14. The topological polar surface area (TPSA) is 33.6 Å². The number of nitrogens with one attached hydrogen (secondary N) is 1. The third kappa shape index (κ3) is 1.53. The van der Waals surface area contributed by atoms with E-state index in [-0.39, 0.29) is 0 Å². The van der Waals surface area contributed by atoms with Crippen molar-refractivity contribution in [3.8, 4) is 5.69 Å². The van der Waals surface area contributed by atoms with Gasteiger partial charge in [-0.05, 0) is 31.3 Å². The number of aromatic amines is 1. The molecule has 0 spiro atoms. The van der Waals surface area contributed by atoms with Crippen LogP contribution in [-0.2, 0) is 0 Å². The Bertz CT molecular complexity index is 455. The van der Waals surface area contributed by atoms with Gasteiger partial charge < -0.3 is 4.98 Å². The predicted octanol–water partition coefficient (Wildman–Crippen LogP) is 2.24. The van der Waals surface area contributed by atoms with E-state index in [1.165, 1.54) is 0 Å². The number of pyridine rings is 1. The van der Waals surface area contributed by atoms with E-state index in [9.17, 15) is 0 Å². The summed E-state index contributed by atoms with van der Waals surface area (Å²) >= 11 is 5.13. The minimum atomic E-state index is 0.700. The number of aromatic nitrogens is 3. The summed E-state index contributed by atoms with van der Waals surface area (Å²) < 4.78 is 2.60. The molecule has 4 heteroatoms. The Morgan fingerprint density at radius 3 is 2.92 bits per heavy atom. The van der Waals surface area contributed by atoms with Gasteiger partial charge >= 0.3 is 0 Å². The van der Waals surface area contributed by atoms with Crippen molar-refractivity contribution in [2.45, 2.75) is 6.92 Å². The van der Waals surface area contributed by atoms with E-state index >= 15 is 0 Å². The fourth-order valence-electron chi connectivity index (χ4n) is 1.20. The van der Waals surface area contributed by atoms with Crippen LogP contribution in [0.1, 0.15) is 5.69 Å². The molecule has 2 aromatic heterocycles. The lowest BCUT2D eigenvalue weighted by atomic mass is 10.4. The Kier molecular flexibility index (Phi) is 1.98. The molecule has 1 N–H and O–H groups in total. The van der Waals surface area contributed by atoms with Crippen molar-refractivity contribution >= 4 is 12.2 Å². The highest BCUT2D eigenvalue weighted by Crippen LogP contribution is 2.07. The quantitative estimate of drug-likeness (QED) is 0.701. The number of hydrogen-bond acceptors (Lipinski definition) is 2. The van der Waals surface area contributed by atoms with Crippen LogP contribution < -0.4 is 0 Å². The first-order chi connectivity index (χ1) is 6.27. The van der Waals surface area contributed by atoms with Crippen molar-refractivity contribution in [3.63, 3.8) is 0 Å². The van der Waals surface area contributed by atoms with E-state index in [1.807, 2.05) is 29.8 Å². The van der Waals surface area contributed by atoms with Crippen LogP contribution in [0.3, 0.4) is 0 Å². The van der Waals surface area contributed by atoms with E-state index in [4.69, 9.17) is 12.2 Å². The molecule has 0 saturated heterocycles. The van der Waals surface area contributed by atoms with Crippen molar-refractivity contribution < 1.29 is 0 Å². The second-order valence-electron chi connectivity index (χ2n) is 2.82. The summed E-state index contributed by atoms with van der Waals surface area (Å²) in [6, 6.07) is 3.86. The van der Waals surface area contributed by atoms with Crippen molar-refractivity contribution in [1.29, 1.82) is 0 Å². The molecule has 2 rings (SSSR count). The van der Waals surface area contributed by atoms with E-state index in [1.54, 1.807) is 12.4 Å². The molecule has 0 saturated carbocycles. The van der Waals surface area contributed by atoms with Crippen LogP contribution in [0.15, 0.2) is 30.7 Å². The maximum absolute atomic E-state index is 5.13. The molecule has 2 heterocycles. The van der Waals surface area contributed by atoms with Gasteiger partial charge in [-0.3, -0.25) is 9.55 Å². The average Bonchev–Trinajstić information content (AvgIpc) is 2.47. The van der Waals surface area contributed by atoms with Crippen molar-refractivity contribution in [2.24, 2.45) is 0 Å². The van der Waals surface area contributed by atoms with Gasteiger partial charge in [0.15, 0.2) is 4.77 Å². The van der Waals surface area contributed by atoms with Gasteiger partial charge in [0.1, 0.15) is 0 Å². The van der Waals surface area contributed by atoms with Crippen LogP contribution in [-0.4, -0.2) is 14.5 Å². The van der Waals surface area contributed by atoms with Gasteiger partial charge in [0, 0.05) is 18.1 Å². The van der Waals surface area contributed by atoms with Crippen molar-refractivity contribution in [1.82, 2.24) is 14.5 Å². The number of imidazole rings is 1. The minimum absolute atomic E-state index is 0.700. The van der Waals surface area contributed by atoms with Crippen molar-refractivity contribution in [3.05, 3.63) is 41.2 Å². The molecule has 3 nitrogen and oxygen atoms in total. The smallest absolute Gasteiger partial charge is 0.182 e. The molecule has 0 aliphatic heterocycles. The maximum atomic E-state index is 5.13. The number of nitrogens with zero attached hydrogens (tertiary/aromatic N) is 2. The molecular weight excluding hydrogens is 182 g/mol. The van der Waals surface area contributed by atoms with E-state index in [2.05, 4.69) is 9.97 Å². The molecule has 0 bridgehead atoms. The fourth-order valence-corrected chi connectivity index (χ4v) is 1.52. The molecule has 0 aromatic carbocycles. The molecule has 0 fully saturated rings. The van der Waals surface area contributed by atoms with Gasteiger partial charge in [0.2, 0.25) is 0 Å². The SMILES string of the molecule is Cc1cn(-c2cccnc2)c(=S)[nH]1. The lowest BCUT2D eigenvalue weighted by Gasteiger charge is -1.98. The molecule has 0 amide bonds. The first-order valence-corrected chi connectivity index (χ1v) is 4.37. The first kappa shape index (κ1) is 8.19. The Morgan fingerprint density at radius 1 is 1.54 bits per heavy atom. The zero-order chi connectivity index (χ0) is 9.26. The average molecular weight is 191 g/mol. The highest BCUT2D eigenvalue weighted by Gasteiger charge is 1.98. The van der Waals surface area contributed by atoms with E-state index in [0.717, 1.165) is 11.4 Å². The summed E-state index contributed by atoms with van der Waals surface area (Å²) in [5.74, 6) is 0. The zero-order valence-electron chi connectivity index (χ0n) is 7.19. The van der Waals surface area contributed by atoms with E-state index in [0.29, 0.717) is 4.77 Å². The zero-order valence-corrected chi connectivity index (χ0v) is 8.01. The van der Waals surface area contributed by atoms with Gasteiger partial charge in [-0.2, -0.15) is 0 Å². The van der Waals surface area contributed by atoms with Crippen LogP contribution in [0, 0.1) is 11.7 Å². The van der Waals surface area contributed by atoms with Crippen LogP contribution in [0.4, 0.5) is 0 Å². The molecule has 13 heavy (non-hydrogen) atoms. The largest absolute Gasteiger partial charge is 0.335 e. The molecule has 66 valence electrons. The highest BCUT2D eigenvalue weighted by molar-refractivity contribution is 7.71. The lowest BCUT2D eigenvalue weighted by molar-refractivity contribution is 1.02. The maximum Gasteiger partial charge on any atom is 0.182 e. The molecule has 0 aliphatic carbocycles.